The third-order valence-electron chi connectivity index (χ3n) is 1.62. The predicted molar refractivity (Wildman–Crippen MR) is 48.6 cm³/mol. The van der Waals surface area contributed by atoms with Crippen molar-refractivity contribution < 1.29 is 55.1 Å². The number of rotatable bonds is 3. The molecule has 0 atom stereocenters. The first-order valence-electron chi connectivity index (χ1n) is 3.64. The molecule has 0 saturated heterocycles. The van der Waals surface area contributed by atoms with Gasteiger partial charge in [0.2, 0.25) is 0 Å². The molecule has 0 amide bonds. The maximum atomic E-state index is 11.1. The molecule has 0 saturated carbocycles. The quantitative estimate of drug-likeness (QED) is 0.329. The monoisotopic (exact) mass is 274 g/mol. The van der Waals surface area contributed by atoms with Crippen LogP contribution in [0.5, 0.6) is 0 Å². The van der Waals surface area contributed by atoms with E-state index in [1.165, 1.54) is 0 Å². The summed E-state index contributed by atoms with van der Waals surface area (Å²) < 4.78 is 58.0. The Kier molecular flexibility index (Phi) is 5.60. The van der Waals surface area contributed by atoms with E-state index in [0.717, 1.165) is 31.4 Å². The Morgan fingerprint density at radius 3 is 1.69 bits per heavy atom. The molecule has 0 bridgehead atoms. The van der Waals surface area contributed by atoms with Gasteiger partial charge >= 0.3 is 29.6 Å². The van der Waals surface area contributed by atoms with Crippen molar-refractivity contribution in [2.75, 3.05) is 7.11 Å². The van der Waals surface area contributed by atoms with Crippen molar-refractivity contribution in [1.29, 1.82) is 0 Å². The molecule has 0 N–H and O–H groups in total. The van der Waals surface area contributed by atoms with Gasteiger partial charge in [0, 0.05) is 0 Å². The van der Waals surface area contributed by atoms with Gasteiger partial charge in [0.05, 0.1) is 16.9 Å². The van der Waals surface area contributed by atoms with Gasteiger partial charge in [0.25, 0.3) is 10.1 Å². The van der Waals surface area contributed by atoms with Gasteiger partial charge in [-0.2, -0.15) is 8.42 Å². The Morgan fingerprint density at radius 1 is 1.00 bits per heavy atom. The maximum Gasteiger partial charge on any atom is 1.00 e. The topological polar surface area (TPSA) is 101 Å². The van der Waals surface area contributed by atoms with Crippen LogP contribution < -0.4 is 29.6 Å². The summed E-state index contributed by atoms with van der Waals surface area (Å²) in [4.78, 5) is -0.699. The molecule has 0 unspecified atom stereocenters. The van der Waals surface area contributed by atoms with Crippen molar-refractivity contribution in [2.45, 2.75) is 9.79 Å². The summed E-state index contributed by atoms with van der Waals surface area (Å²) in [5, 5.41) is 0. The Hall–Kier alpha value is 0.0400. The molecule has 0 aromatic heterocycles. The first kappa shape index (κ1) is 16.0. The molecule has 0 aliphatic carbocycles. The molecule has 0 heterocycles. The molecule has 1 rings (SSSR count). The van der Waals surface area contributed by atoms with Gasteiger partial charge in [0.15, 0.2) is 0 Å². The van der Waals surface area contributed by atoms with E-state index in [-0.39, 0.29) is 34.5 Å². The molecular formula is C7H7NaO6S2. The van der Waals surface area contributed by atoms with Crippen LogP contribution in [0, 0.1) is 0 Å². The molecule has 0 fully saturated rings. The van der Waals surface area contributed by atoms with Gasteiger partial charge in [0.1, 0.15) is 10.1 Å². The molecule has 84 valence electrons. The van der Waals surface area contributed by atoms with Crippen molar-refractivity contribution in [3.8, 4) is 0 Å². The van der Waals surface area contributed by atoms with Crippen LogP contribution in [0.4, 0.5) is 0 Å². The SMILES string of the molecule is COS(=O)(=O)c1ccc(S(=O)(=O)[O-])cc1.[Na+]. The minimum Gasteiger partial charge on any atom is -0.744 e. The van der Waals surface area contributed by atoms with Gasteiger partial charge < -0.3 is 4.55 Å². The van der Waals surface area contributed by atoms with E-state index in [2.05, 4.69) is 4.18 Å². The zero-order chi connectivity index (χ0) is 11.7. The van der Waals surface area contributed by atoms with Crippen LogP contribution in [0.15, 0.2) is 34.1 Å². The molecule has 0 aliphatic rings. The molecule has 16 heavy (non-hydrogen) atoms. The van der Waals surface area contributed by atoms with Crippen LogP contribution in [-0.2, 0) is 24.4 Å². The first-order valence-corrected chi connectivity index (χ1v) is 6.45. The zero-order valence-electron chi connectivity index (χ0n) is 8.58. The summed E-state index contributed by atoms with van der Waals surface area (Å²) in [6.45, 7) is 0. The number of benzene rings is 1. The largest absolute Gasteiger partial charge is 1.00 e. The standard InChI is InChI=1S/C7H8O6S2.Na/c1-13-15(11,12)7-4-2-6(3-5-7)14(8,9)10;/h2-5H,1H3,(H,8,9,10);/q;+1/p-1. The summed E-state index contributed by atoms with van der Waals surface area (Å²) in [7, 11) is -7.43. The molecule has 1 aromatic rings. The van der Waals surface area contributed by atoms with E-state index < -0.39 is 25.1 Å². The Labute approximate surface area is 116 Å². The van der Waals surface area contributed by atoms with Gasteiger partial charge in [-0.3, -0.25) is 4.18 Å². The van der Waals surface area contributed by atoms with Gasteiger partial charge in [-0.25, -0.2) is 8.42 Å². The van der Waals surface area contributed by atoms with Crippen molar-refractivity contribution >= 4 is 20.2 Å². The van der Waals surface area contributed by atoms with Crippen molar-refractivity contribution in [3.63, 3.8) is 0 Å². The van der Waals surface area contributed by atoms with Crippen LogP contribution in [0.2, 0.25) is 0 Å². The maximum absolute atomic E-state index is 11.1. The summed E-state index contributed by atoms with van der Waals surface area (Å²) in [6.07, 6.45) is 0. The van der Waals surface area contributed by atoms with Crippen molar-refractivity contribution in [3.05, 3.63) is 24.3 Å². The van der Waals surface area contributed by atoms with Crippen LogP contribution >= 0.6 is 0 Å². The van der Waals surface area contributed by atoms with Gasteiger partial charge in [-0.1, -0.05) is 0 Å². The van der Waals surface area contributed by atoms with E-state index >= 15 is 0 Å². The molecular weight excluding hydrogens is 267 g/mol. The Morgan fingerprint density at radius 2 is 1.38 bits per heavy atom. The molecule has 9 heteroatoms. The van der Waals surface area contributed by atoms with Crippen LogP contribution in [0.3, 0.4) is 0 Å². The third-order valence-corrected chi connectivity index (χ3v) is 3.76. The van der Waals surface area contributed by atoms with Crippen LogP contribution in [0.25, 0.3) is 0 Å². The summed E-state index contributed by atoms with van der Waals surface area (Å²) in [5.41, 5.74) is 0. The minimum absolute atomic E-state index is 0. The van der Waals surface area contributed by atoms with Crippen LogP contribution in [-0.4, -0.2) is 28.5 Å². The van der Waals surface area contributed by atoms with E-state index in [0.29, 0.717) is 0 Å². The van der Waals surface area contributed by atoms with Crippen molar-refractivity contribution in [1.82, 2.24) is 0 Å². The molecule has 6 nitrogen and oxygen atoms in total. The average Bonchev–Trinajstić information content (AvgIpc) is 2.17. The predicted octanol–water partition coefficient (Wildman–Crippen LogP) is -3.07. The fraction of sp³-hybridized carbons (Fsp3) is 0.143. The fourth-order valence-corrected chi connectivity index (χ4v) is 2.00. The van der Waals surface area contributed by atoms with Crippen molar-refractivity contribution in [2.24, 2.45) is 0 Å². The molecule has 0 aliphatic heterocycles. The average molecular weight is 274 g/mol. The fourth-order valence-electron chi connectivity index (χ4n) is 0.869. The Balaban J connectivity index is 0.00000225. The normalized spacial score (nSPS) is 11.9. The third kappa shape index (κ3) is 3.81. The summed E-state index contributed by atoms with van der Waals surface area (Å²) in [5.74, 6) is 0. The molecule has 1 aromatic carbocycles. The summed E-state index contributed by atoms with van der Waals surface area (Å²) in [6, 6.07) is 3.80. The second-order valence-corrected chi connectivity index (χ2v) is 5.64. The molecule has 0 spiro atoms. The van der Waals surface area contributed by atoms with Crippen LogP contribution in [0.1, 0.15) is 0 Å². The van der Waals surface area contributed by atoms with E-state index in [1.807, 2.05) is 0 Å². The second kappa shape index (κ2) is 5.58. The number of hydrogen-bond acceptors (Lipinski definition) is 6. The van der Waals surface area contributed by atoms with E-state index in [4.69, 9.17) is 0 Å². The first-order chi connectivity index (χ1) is 6.77. The van der Waals surface area contributed by atoms with Gasteiger partial charge in [-0.15, -0.1) is 0 Å². The smallest absolute Gasteiger partial charge is 0.744 e. The van der Waals surface area contributed by atoms with E-state index in [9.17, 15) is 21.4 Å². The zero-order valence-corrected chi connectivity index (χ0v) is 12.2. The molecule has 0 radical (unpaired) electrons. The minimum atomic E-state index is -4.56. The number of hydrogen-bond donors (Lipinski definition) is 0. The summed E-state index contributed by atoms with van der Waals surface area (Å²) >= 11 is 0. The van der Waals surface area contributed by atoms with Gasteiger partial charge in [-0.05, 0) is 24.3 Å². The Bertz CT molecular complexity index is 545. The van der Waals surface area contributed by atoms with E-state index in [1.54, 1.807) is 0 Å². The second-order valence-electron chi connectivity index (χ2n) is 2.55.